The van der Waals surface area contributed by atoms with Crippen molar-refractivity contribution in [2.75, 3.05) is 4.72 Å². The van der Waals surface area contributed by atoms with E-state index in [1.54, 1.807) is 18.2 Å². The van der Waals surface area contributed by atoms with Gasteiger partial charge in [-0.2, -0.15) is 0 Å². The lowest BCUT2D eigenvalue weighted by atomic mass is 10.2. The quantitative estimate of drug-likeness (QED) is 0.613. The van der Waals surface area contributed by atoms with E-state index >= 15 is 0 Å². The monoisotopic (exact) mass is 366 g/mol. The number of benzene rings is 1. The summed E-state index contributed by atoms with van der Waals surface area (Å²) in [5.41, 5.74) is 0.662. The van der Waals surface area contributed by atoms with Crippen LogP contribution in [0.3, 0.4) is 0 Å². The normalized spacial score (nSPS) is 11.3. The predicted octanol–water partition coefficient (Wildman–Crippen LogP) is 2.77. The second kappa shape index (κ2) is 6.07. The molecule has 0 aliphatic rings. The predicted molar refractivity (Wildman–Crippen MR) is 89.4 cm³/mol. The summed E-state index contributed by atoms with van der Waals surface area (Å²) in [4.78, 5) is 10.9. The molecule has 23 heavy (non-hydrogen) atoms. The maximum Gasteiger partial charge on any atom is 0.264 e. The molecule has 3 aromatic rings. The molecule has 118 valence electrons. The number of aromatic amines is 1. The van der Waals surface area contributed by atoms with Crippen molar-refractivity contribution >= 4 is 39.5 Å². The zero-order valence-corrected chi connectivity index (χ0v) is 13.9. The van der Waals surface area contributed by atoms with Crippen molar-refractivity contribution in [3.63, 3.8) is 0 Å². The number of thiazole rings is 1. The minimum absolute atomic E-state index is 0.00201. The van der Waals surface area contributed by atoms with Crippen molar-refractivity contribution in [2.45, 2.75) is 4.90 Å². The third-order valence-electron chi connectivity index (χ3n) is 2.85. The van der Waals surface area contributed by atoms with Crippen molar-refractivity contribution in [2.24, 2.45) is 0 Å². The van der Waals surface area contributed by atoms with Gasteiger partial charge in [-0.15, -0.1) is 11.3 Å². The summed E-state index contributed by atoms with van der Waals surface area (Å²) in [5, 5.41) is 9.75. The van der Waals surface area contributed by atoms with Gasteiger partial charge in [0.25, 0.3) is 10.0 Å². The van der Waals surface area contributed by atoms with Crippen LogP contribution < -0.4 is 4.72 Å². The fourth-order valence-corrected chi connectivity index (χ4v) is 3.87. The SMILES string of the molecule is O=S(=O)(Nc1ncccn1)c1ccc(-c2sc(=S)[nH]c2O)cc1. The van der Waals surface area contributed by atoms with Gasteiger partial charge in [0.2, 0.25) is 11.8 Å². The summed E-state index contributed by atoms with van der Waals surface area (Å²) in [7, 11) is -3.78. The molecule has 2 heterocycles. The molecule has 3 N–H and O–H groups in total. The fourth-order valence-electron chi connectivity index (χ4n) is 1.83. The molecule has 0 radical (unpaired) electrons. The van der Waals surface area contributed by atoms with Gasteiger partial charge in [-0.25, -0.2) is 23.1 Å². The number of anilines is 1. The Balaban J connectivity index is 1.90. The molecule has 3 rings (SSSR count). The molecule has 0 aliphatic heterocycles. The topological polar surface area (TPSA) is 108 Å². The van der Waals surface area contributed by atoms with Crippen molar-refractivity contribution in [3.05, 3.63) is 46.7 Å². The van der Waals surface area contributed by atoms with Crippen LogP contribution in [-0.4, -0.2) is 28.5 Å². The van der Waals surface area contributed by atoms with Gasteiger partial charge in [-0.05, 0) is 36.0 Å². The minimum Gasteiger partial charge on any atom is -0.494 e. The maximum absolute atomic E-state index is 12.3. The summed E-state index contributed by atoms with van der Waals surface area (Å²) in [6, 6.07) is 7.64. The Hall–Kier alpha value is -2.30. The first-order valence-corrected chi connectivity index (χ1v) is 8.99. The zero-order valence-electron chi connectivity index (χ0n) is 11.4. The van der Waals surface area contributed by atoms with Crippen LogP contribution in [0, 0.1) is 3.95 Å². The smallest absolute Gasteiger partial charge is 0.264 e. The average molecular weight is 366 g/mol. The summed E-state index contributed by atoms with van der Waals surface area (Å²) in [6.07, 6.45) is 2.88. The van der Waals surface area contributed by atoms with Gasteiger partial charge < -0.3 is 10.1 Å². The van der Waals surface area contributed by atoms with Crippen LogP contribution >= 0.6 is 23.6 Å². The van der Waals surface area contributed by atoms with Crippen LogP contribution in [0.15, 0.2) is 47.6 Å². The van der Waals surface area contributed by atoms with Crippen molar-refractivity contribution < 1.29 is 13.5 Å². The lowest BCUT2D eigenvalue weighted by molar-refractivity contribution is 0.458. The fraction of sp³-hybridized carbons (Fsp3) is 0. The van der Waals surface area contributed by atoms with Crippen LogP contribution in [0.1, 0.15) is 0 Å². The Bertz CT molecular complexity index is 979. The van der Waals surface area contributed by atoms with E-state index < -0.39 is 10.0 Å². The van der Waals surface area contributed by atoms with Crippen LogP contribution in [0.2, 0.25) is 0 Å². The molecule has 0 atom stereocenters. The number of H-pyrrole nitrogens is 1. The van der Waals surface area contributed by atoms with Crippen LogP contribution in [-0.2, 0) is 10.0 Å². The number of aromatic nitrogens is 3. The molecule has 0 bridgehead atoms. The first kappa shape index (κ1) is 15.6. The number of aromatic hydroxyl groups is 1. The van der Waals surface area contributed by atoms with E-state index in [0.29, 0.717) is 14.4 Å². The Morgan fingerprint density at radius 1 is 1.17 bits per heavy atom. The third-order valence-corrected chi connectivity index (χ3v) is 5.47. The Morgan fingerprint density at radius 3 is 2.39 bits per heavy atom. The maximum atomic E-state index is 12.3. The lowest BCUT2D eigenvalue weighted by Gasteiger charge is -2.06. The van der Waals surface area contributed by atoms with Crippen LogP contribution in [0.4, 0.5) is 5.95 Å². The second-order valence-corrected chi connectivity index (χ2v) is 7.76. The lowest BCUT2D eigenvalue weighted by Crippen LogP contribution is -2.14. The van der Waals surface area contributed by atoms with E-state index in [0.717, 1.165) is 0 Å². The summed E-state index contributed by atoms with van der Waals surface area (Å²) >= 11 is 6.17. The molecule has 0 saturated heterocycles. The van der Waals surface area contributed by atoms with E-state index in [-0.39, 0.29) is 16.7 Å². The number of hydrogen-bond donors (Lipinski definition) is 3. The van der Waals surface area contributed by atoms with E-state index in [2.05, 4.69) is 19.7 Å². The highest BCUT2D eigenvalue weighted by Crippen LogP contribution is 2.33. The van der Waals surface area contributed by atoms with Crippen LogP contribution in [0.5, 0.6) is 5.88 Å². The summed E-state index contributed by atoms with van der Waals surface area (Å²) < 4.78 is 27.3. The first-order valence-electron chi connectivity index (χ1n) is 6.28. The highest BCUT2D eigenvalue weighted by Gasteiger charge is 2.16. The highest BCUT2D eigenvalue weighted by atomic mass is 32.2. The van der Waals surface area contributed by atoms with Gasteiger partial charge in [0.05, 0.1) is 9.77 Å². The van der Waals surface area contributed by atoms with Gasteiger partial charge in [0, 0.05) is 12.4 Å². The number of nitrogens with one attached hydrogen (secondary N) is 2. The molecule has 1 aromatic carbocycles. The van der Waals surface area contributed by atoms with Crippen molar-refractivity contribution in [1.82, 2.24) is 15.0 Å². The van der Waals surface area contributed by atoms with E-state index in [1.165, 1.54) is 35.9 Å². The first-order chi connectivity index (χ1) is 11.0. The molecule has 0 saturated carbocycles. The zero-order chi connectivity index (χ0) is 16.4. The highest BCUT2D eigenvalue weighted by molar-refractivity contribution is 7.92. The summed E-state index contributed by atoms with van der Waals surface area (Å²) in [6.45, 7) is 0. The van der Waals surface area contributed by atoms with Crippen molar-refractivity contribution in [1.29, 1.82) is 0 Å². The number of rotatable bonds is 4. The van der Waals surface area contributed by atoms with Gasteiger partial charge in [-0.3, -0.25) is 0 Å². The molecule has 0 amide bonds. The molecular formula is C13H10N4O3S3. The molecule has 0 spiro atoms. The molecule has 10 heteroatoms. The second-order valence-electron chi connectivity index (χ2n) is 4.39. The van der Waals surface area contributed by atoms with Gasteiger partial charge in [0.15, 0.2) is 3.95 Å². The standard InChI is InChI=1S/C13H10N4O3S3/c18-11-10(22-13(21)16-11)8-2-4-9(5-3-8)23(19,20)17-12-14-6-1-7-15-12/h1-7,18H,(H,16,21)(H,14,15,17). The molecule has 2 aromatic heterocycles. The number of sulfonamides is 1. The van der Waals surface area contributed by atoms with E-state index in [9.17, 15) is 13.5 Å². The molecule has 0 unspecified atom stereocenters. The van der Waals surface area contributed by atoms with Crippen LogP contribution in [0.25, 0.3) is 10.4 Å². The third kappa shape index (κ3) is 3.38. The van der Waals surface area contributed by atoms with Gasteiger partial charge in [-0.1, -0.05) is 12.1 Å². The molecule has 0 aliphatic carbocycles. The average Bonchev–Trinajstić information content (AvgIpc) is 2.87. The Kier molecular flexibility index (Phi) is 4.11. The molecule has 7 nitrogen and oxygen atoms in total. The number of hydrogen-bond acceptors (Lipinski definition) is 7. The Morgan fingerprint density at radius 2 is 1.83 bits per heavy atom. The number of nitrogens with zero attached hydrogens (tertiary/aromatic N) is 2. The minimum atomic E-state index is -3.78. The molecular weight excluding hydrogens is 356 g/mol. The Labute approximate surface area is 140 Å². The van der Waals surface area contributed by atoms with Gasteiger partial charge >= 0.3 is 0 Å². The van der Waals surface area contributed by atoms with Crippen molar-refractivity contribution in [3.8, 4) is 16.3 Å². The van der Waals surface area contributed by atoms with E-state index in [1.807, 2.05) is 0 Å². The largest absolute Gasteiger partial charge is 0.494 e. The summed E-state index contributed by atoms with van der Waals surface area (Å²) in [5.74, 6) is -0.0377. The molecule has 0 fully saturated rings. The van der Waals surface area contributed by atoms with Gasteiger partial charge in [0.1, 0.15) is 0 Å². The van der Waals surface area contributed by atoms with E-state index in [4.69, 9.17) is 12.2 Å².